The molecule has 8 heteroatoms. The molecule has 0 radical (unpaired) electrons. The van der Waals surface area contributed by atoms with E-state index in [1.165, 1.54) is 31.4 Å². The first-order valence-electron chi connectivity index (χ1n) is 10.0. The number of carbonyl (C=O) groups excluding carboxylic acids is 3. The Labute approximate surface area is 177 Å². The number of halogens is 2. The summed E-state index contributed by atoms with van der Waals surface area (Å²) in [5, 5.41) is 5.07. The number of carbonyl (C=O) groups is 3. The molecule has 0 saturated heterocycles. The van der Waals surface area contributed by atoms with Gasteiger partial charge in [0.1, 0.15) is 12.4 Å². The van der Waals surface area contributed by atoms with Crippen molar-refractivity contribution in [2.45, 2.75) is 38.5 Å². The van der Waals surface area contributed by atoms with Gasteiger partial charge in [-0.05, 0) is 74.5 Å². The molecule has 0 heterocycles. The molecule has 4 saturated carbocycles. The van der Waals surface area contributed by atoms with Crippen LogP contribution in [0.15, 0.2) is 22.7 Å². The Morgan fingerprint density at radius 1 is 1.10 bits per heavy atom. The Morgan fingerprint density at radius 3 is 2.31 bits per heavy atom. The highest BCUT2D eigenvalue weighted by molar-refractivity contribution is 9.10. The molecular formula is C21H24BrFN2O4. The quantitative estimate of drug-likeness (QED) is 0.629. The van der Waals surface area contributed by atoms with Crippen LogP contribution < -0.4 is 10.6 Å². The lowest BCUT2D eigenvalue weighted by molar-refractivity contribution is -0.152. The van der Waals surface area contributed by atoms with Gasteiger partial charge in [0.15, 0.2) is 6.61 Å². The average Bonchev–Trinajstić information content (AvgIpc) is 2.65. The van der Waals surface area contributed by atoms with E-state index >= 15 is 0 Å². The van der Waals surface area contributed by atoms with Gasteiger partial charge in [0.25, 0.3) is 5.91 Å². The van der Waals surface area contributed by atoms with Crippen LogP contribution in [-0.4, -0.2) is 30.9 Å². The van der Waals surface area contributed by atoms with Crippen molar-refractivity contribution in [2.24, 2.45) is 23.2 Å². The minimum absolute atomic E-state index is 0.00404. The van der Waals surface area contributed by atoms with Gasteiger partial charge < -0.3 is 15.4 Å². The van der Waals surface area contributed by atoms with E-state index in [1.807, 2.05) is 0 Å². The van der Waals surface area contributed by atoms with Crippen molar-refractivity contribution in [1.82, 2.24) is 5.32 Å². The van der Waals surface area contributed by atoms with Gasteiger partial charge in [0.2, 0.25) is 5.91 Å². The number of esters is 1. The monoisotopic (exact) mass is 466 g/mol. The molecule has 4 bridgehead atoms. The van der Waals surface area contributed by atoms with Crippen LogP contribution in [0.2, 0.25) is 0 Å². The fraction of sp³-hybridized carbons (Fsp3) is 0.571. The van der Waals surface area contributed by atoms with E-state index < -0.39 is 24.3 Å². The molecule has 4 aliphatic rings. The zero-order valence-corrected chi connectivity index (χ0v) is 17.6. The van der Waals surface area contributed by atoms with E-state index in [4.69, 9.17) is 4.74 Å². The first-order valence-corrected chi connectivity index (χ1v) is 10.8. The predicted octanol–water partition coefficient (Wildman–Crippen LogP) is 3.40. The molecule has 0 atom stereocenters. The average molecular weight is 467 g/mol. The number of ether oxygens (including phenoxy) is 1. The van der Waals surface area contributed by atoms with Gasteiger partial charge in [-0.15, -0.1) is 0 Å². The molecule has 0 aromatic heterocycles. The molecule has 4 fully saturated rings. The molecule has 29 heavy (non-hydrogen) atoms. The van der Waals surface area contributed by atoms with Crippen LogP contribution in [0.5, 0.6) is 0 Å². The number of anilines is 1. The summed E-state index contributed by atoms with van der Waals surface area (Å²) >= 11 is 3.13. The summed E-state index contributed by atoms with van der Waals surface area (Å²) in [7, 11) is 0. The van der Waals surface area contributed by atoms with Crippen molar-refractivity contribution in [3.63, 3.8) is 0 Å². The van der Waals surface area contributed by atoms with E-state index in [2.05, 4.69) is 26.6 Å². The minimum Gasteiger partial charge on any atom is -0.454 e. The molecule has 2 amide bonds. The van der Waals surface area contributed by atoms with Crippen molar-refractivity contribution < 1.29 is 23.5 Å². The van der Waals surface area contributed by atoms with Crippen LogP contribution >= 0.6 is 15.9 Å². The Kier molecular flexibility index (Phi) is 5.64. The molecule has 0 aliphatic heterocycles. The number of rotatable bonds is 6. The number of benzene rings is 1. The molecule has 1 aromatic carbocycles. The van der Waals surface area contributed by atoms with Gasteiger partial charge in [-0.1, -0.05) is 15.9 Å². The molecular weight excluding hydrogens is 443 g/mol. The summed E-state index contributed by atoms with van der Waals surface area (Å²) in [5.41, 5.74) is -0.324. The lowest BCUT2D eigenvalue weighted by atomic mass is 9.49. The lowest BCUT2D eigenvalue weighted by Crippen LogP contribution is -2.54. The van der Waals surface area contributed by atoms with Crippen LogP contribution in [0.25, 0.3) is 0 Å². The summed E-state index contributed by atoms with van der Waals surface area (Å²) in [6.45, 7) is -0.803. The third-order valence-electron chi connectivity index (χ3n) is 6.48. The molecule has 156 valence electrons. The highest BCUT2D eigenvalue weighted by Gasteiger charge is 2.54. The largest absolute Gasteiger partial charge is 0.454 e. The maximum absolute atomic E-state index is 13.7. The third kappa shape index (κ3) is 4.47. The van der Waals surface area contributed by atoms with Crippen molar-refractivity contribution >= 4 is 39.4 Å². The second-order valence-corrected chi connectivity index (χ2v) is 9.63. The standard InChI is InChI=1S/C21H24BrFN2O4/c22-15-1-2-17(16(23)6-15)25-18(26)11-29-19(27)10-24-20(28)21-7-12-3-13(8-21)5-14(4-12)9-21/h1-2,6,12-14H,3-5,7-11H2,(H,24,28)(H,25,26). The Morgan fingerprint density at radius 2 is 1.72 bits per heavy atom. The Bertz CT molecular complexity index is 809. The Balaban J connectivity index is 1.22. The molecule has 2 N–H and O–H groups in total. The van der Waals surface area contributed by atoms with Gasteiger partial charge in [-0.2, -0.15) is 0 Å². The molecule has 0 spiro atoms. The summed E-state index contributed by atoms with van der Waals surface area (Å²) in [4.78, 5) is 36.6. The summed E-state index contributed by atoms with van der Waals surface area (Å²) < 4.78 is 19.2. The summed E-state index contributed by atoms with van der Waals surface area (Å²) in [5.74, 6) is -0.0664. The van der Waals surface area contributed by atoms with E-state index in [1.54, 1.807) is 6.07 Å². The van der Waals surface area contributed by atoms with Crippen LogP contribution in [0.1, 0.15) is 38.5 Å². The molecule has 4 aliphatic carbocycles. The van der Waals surface area contributed by atoms with Crippen LogP contribution in [0.3, 0.4) is 0 Å². The van der Waals surface area contributed by atoms with Crippen molar-refractivity contribution in [3.8, 4) is 0 Å². The predicted molar refractivity (Wildman–Crippen MR) is 107 cm³/mol. The maximum Gasteiger partial charge on any atom is 0.325 e. The van der Waals surface area contributed by atoms with Gasteiger partial charge >= 0.3 is 5.97 Å². The van der Waals surface area contributed by atoms with E-state index in [-0.39, 0.29) is 23.6 Å². The second-order valence-electron chi connectivity index (χ2n) is 8.71. The molecule has 1 aromatic rings. The third-order valence-corrected chi connectivity index (χ3v) is 6.98. The fourth-order valence-corrected chi connectivity index (χ4v) is 6.04. The minimum atomic E-state index is -0.686. The van der Waals surface area contributed by atoms with Crippen LogP contribution in [-0.2, 0) is 19.1 Å². The first-order chi connectivity index (χ1) is 13.8. The van der Waals surface area contributed by atoms with Crippen molar-refractivity contribution in [2.75, 3.05) is 18.5 Å². The van der Waals surface area contributed by atoms with Crippen molar-refractivity contribution in [1.29, 1.82) is 0 Å². The van der Waals surface area contributed by atoms with E-state index in [0.29, 0.717) is 22.2 Å². The van der Waals surface area contributed by atoms with Crippen LogP contribution in [0.4, 0.5) is 10.1 Å². The maximum atomic E-state index is 13.7. The van der Waals surface area contributed by atoms with Crippen LogP contribution in [0, 0.1) is 29.0 Å². The zero-order valence-electron chi connectivity index (χ0n) is 16.0. The molecule has 5 rings (SSSR count). The fourth-order valence-electron chi connectivity index (χ4n) is 5.70. The van der Waals surface area contributed by atoms with E-state index in [9.17, 15) is 18.8 Å². The van der Waals surface area contributed by atoms with Gasteiger partial charge in [-0.25, -0.2) is 4.39 Å². The second kappa shape index (κ2) is 8.05. The van der Waals surface area contributed by atoms with E-state index in [0.717, 1.165) is 19.3 Å². The summed E-state index contributed by atoms with van der Waals surface area (Å²) in [6, 6.07) is 4.22. The number of hydrogen-bond acceptors (Lipinski definition) is 4. The van der Waals surface area contributed by atoms with Gasteiger partial charge in [-0.3, -0.25) is 14.4 Å². The Hall–Kier alpha value is -1.96. The summed E-state index contributed by atoms with van der Waals surface area (Å²) in [6.07, 6.45) is 6.47. The number of hydrogen-bond donors (Lipinski definition) is 2. The lowest BCUT2D eigenvalue weighted by Gasteiger charge is -2.55. The van der Waals surface area contributed by atoms with Crippen molar-refractivity contribution in [3.05, 3.63) is 28.5 Å². The SMILES string of the molecule is O=C(COC(=O)CNC(=O)C12CC3CC(CC(C3)C1)C2)Nc1ccc(Br)cc1F. The molecule has 0 unspecified atom stereocenters. The first kappa shape index (κ1) is 20.3. The van der Waals surface area contributed by atoms with Gasteiger partial charge in [0, 0.05) is 9.89 Å². The normalized spacial score (nSPS) is 29.4. The highest BCUT2D eigenvalue weighted by atomic mass is 79.9. The highest BCUT2D eigenvalue weighted by Crippen LogP contribution is 2.60. The topological polar surface area (TPSA) is 84.5 Å². The van der Waals surface area contributed by atoms with Gasteiger partial charge in [0.05, 0.1) is 5.69 Å². The number of nitrogens with one attached hydrogen (secondary N) is 2. The molecule has 6 nitrogen and oxygen atoms in total. The number of amides is 2. The smallest absolute Gasteiger partial charge is 0.325 e. The zero-order chi connectivity index (χ0) is 20.6.